The van der Waals surface area contributed by atoms with Crippen LogP contribution in [0.2, 0.25) is 0 Å². The van der Waals surface area contributed by atoms with Crippen molar-refractivity contribution in [2.24, 2.45) is 0 Å². The van der Waals surface area contributed by atoms with Gasteiger partial charge in [-0.1, -0.05) is 15.9 Å². The molecule has 5 nitrogen and oxygen atoms in total. The Hall–Kier alpha value is -1.48. The highest BCUT2D eigenvalue weighted by molar-refractivity contribution is 9.10. The van der Waals surface area contributed by atoms with Crippen molar-refractivity contribution >= 4 is 15.9 Å². The lowest BCUT2D eigenvalue weighted by molar-refractivity contribution is -0.137. The van der Waals surface area contributed by atoms with Gasteiger partial charge in [-0.3, -0.25) is 0 Å². The van der Waals surface area contributed by atoms with E-state index in [-0.39, 0.29) is 5.69 Å². The highest BCUT2D eigenvalue weighted by atomic mass is 79.9. The summed E-state index contributed by atoms with van der Waals surface area (Å²) in [5.74, 6) is 0.480. The van der Waals surface area contributed by atoms with Crippen LogP contribution in [0.25, 0.3) is 5.69 Å². The maximum Gasteiger partial charge on any atom is 0.416 e. The van der Waals surface area contributed by atoms with E-state index in [1.165, 1.54) is 4.68 Å². The molecule has 1 fully saturated rings. The first-order valence-corrected chi connectivity index (χ1v) is 7.11. The van der Waals surface area contributed by atoms with Crippen molar-refractivity contribution in [3.63, 3.8) is 0 Å². The second-order valence-corrected chi connectivity index (χ2v) is 5.77. The van der Waals surface area contributed by atoms with Gasteiger partial charge in [-0.15, -0.1) is 5.10 Å². The van der Waals surface area contributed by atoms with Gasteiger partial charge in [-0.05, 0) is 41.5 Å². The minimum Gasteiger partial charge on any atom is -0.307 e. The van der Waals surface area contributed by atoms with Gasteiger partial charge in [0.2, 0.25) is 0 Å². The molecule has 2 aromatic rings. The van der Waals surface area contributed by atoms with Crippen LogP contribution in [-0.4, -0.2) is 26.2 Å². The zero-order valence-corrected chi connectivity index (χ0v) is 12.3. The molecule has 1 heterocycles. The van der Waals surface area contributed by atoms with Gasteiger partial charge in [-0.2, -0.15) is 17.9 Å². The van der Waals surface area contributed by atoms with Crippen LogP contribution in [-0.2, 0) is 12.7 Å². The molecule has 0 radical (unpaired) electrons. The molecule has 0 unspecified atom stereocenters. The zero-order valence-electron chi connectivity index (χ0n) is 10.7. The Kier molecular flexibility index (Phi) is 3.70. The summed E-state index contributed by atoms with van der Waals surface area (Å²) in [6.45, 7) is 0.422. The molecule has 9 heteroatoms. The third-order valence-electron chi connectivity index (χ3n) is 3.11. The van der Waals surface area contributed by atoms with E-state index in [1.807, 2.05) is 0 Å². The molecule has 3 rings (SSSR count). The zero-order chi connectivity index (χ0) is 15.0. The standard InChI is InChI=1S/C12H11BrF3N5/c13-8-3-7(12(14,15)16)4-10(5-8)21-11(18-19-20-21)6-17-9-1-2-9/h3-5,9,17H,1-2,6H2. The molecular formula is C12H11BrF3N5. The van der Waals surface area contributed by atoms with E-state index in [0.29, 0.717) is 22.9 Å². The quantitative estimate of drug-likeness (QED) is 0.909. The topological polar surface area (TPSA) is 55.6 Å². The molecule has 112 valence electrons. The van der Waals surface area contributed by atoms with Crippen LogP contribution >= 0.6 is 15.9 Å². The molecule has 1 saturated carbocycles. The average molecular weight is 362 g/mol. The van der Waals surface area contributed by atoms with Crippen molar-refractivity contribution in [1.29, 1.82) is 0 Å². The fourth-order valence-corrected chi connectivity index (χ4v) is 2.38. The maximum atomic E-state index is 12.9. The Morgan fingerprint density at radius 3 is 2.71 bits per heavy atom. The molecule has 1 aromatic carbocycles. The molecule has 0 atom stereocenters. The lowest BCUT2D eigenvalue weighted by atomic mass is 10.2. The number of rotatable bonds is 4. The van der Waals surface area contributed by atoms with Crippen molar-refractivity contribution in [1.82, 2.24) is 25.5 Å². The summed E-state index contributed by atoms with van der Waals surface area (Å²) in [5, 5.41) is 14.4. The lowest BCUT2D eigenvalue weighted by Gasteiger charge is -2.11. The van der Waals surface area contributed by atoms with Crippen molar-refractivity contribution < 1.29 is 13.2 Å². The van der Waals surface area contributed by atoms with Crippen molar-refractivity contribution in [2.75, 3.05) is 0 Å². The summed E-state index contributed by atoms with van der Waals surface area (Å²) in [6, 6.07) is 4.06. The molecule has 21 heavy (non-hydrogen) atoms. The van der Waals surface area contributed by atoms with Crippen LogP contribution < -0.4 is 5.32 Å². The van der Waals surface area contributed by atoms with Gasteiger partial charge in [-0.25, -0.2) is 0 Å². The molecule has 1 aromatic heterocycles. The maximum absolute atomic E-state index is 12.9. The number of nitrogens with one attached hydrogen (secondary N) is 1. The van der Waals surface area contributed by atoms with Crippen LogP contribution in [0.4, 0.5) is 13.2 Å². The van der Waals surface area contributed by atoms with E-state index in [4.69, 9.17) is 0 Å². The highest BCUT2D eigenvalue weighted by Crippen LogP contribution is 2.33. The first-order chi connectivity index (χ1) is 9.93. The van der Waals surface area contributed by atoms with E-state index in [2.05, 4.69) is 36.8 Å². The van der Waals surface area contributed by atoms with E-state index in [1.54, 1.807) is 6.07 Å². The SMILES string of the molecule is FC(F)(F)c1cc(Br)cc(-n2nnnc2CNC2CC2)c1. The van der Waals surface area contributed by atoms with Gasteiger partial charge < -0.3 is 5.32 Å². The van der Waals surface area contributed by atoms with Crippen molar-refractivity contribution in [2.45, 2.75) is 31.6 Å². The number of aromatic nitrogens is 4. The Bertz CT molecular complexity index is 651. The van der Waals surface area contributed by atoms with Gasteiger partial charge in [0.25, 0.3) is 0 Å². The number of hydrogen-bond donors (Lipinski definition) is 1. The van der Waals surface area contributed by atoms with Crippen LogP contribution in [0.5, 0.6) is 0 Å². The van der Waals surface area contributed by atoms with Gasteiger partial charge in [0, 0.05) is 10.5 Å². The molecular weight excluding hydrogens is 351 g/mol. The molecule has 1 aliphatic rings. The van der Waals surface area contributed by atoms with E-state index in [9.17, 15) is 13.2 Å². The molecule has 0 saturated heterocycles. The van der Waals surface area contributed by atoms with Gasteiger partial charge in [0.15, 0.2) is 5.82 Å². The monoisotopic (exact) mass is 361 g/mol. The first-order valence-electron chi connectivity index (χ1n) is 6.32. The summed E-state index contributed by atoms with van der Waals surface area (Å²) in [4.78, 5) is 0. The minimum atomic E-state index is -4.42. The number of benzene rings is 1. The van der Waals surface area contributed by atoms with Crippen molar-refractivity contribution in [3.8, 4) is 5.69 Å². The highest BCUT2D eigenvalue weighted by Gasteiger charge is 2.31. The summed E-state index contributed by atoms with van der Waals surface area (Å²) >= 11 is 3.09. The molecule has 0 bridgehead atoms. The van der Waals surface area contributed by atoms with Crippen LogP contribution in [0.1, 0.15) is 24.2 Å². The molecule has 0 spiro atoms. The third kappa shape index (κ3) is 3.41. The second kappa shape index (κ2) is 5.38. The minimum absolute atomic E-state index is 0.272. The van der Waals surface area contributed by atoms with Gasteiger partial charge in [0.05, 0.1) is 17.8 Å². The number of halogens is 4. The van der Waals surface area contributed by atoms with Crippen LogP contribution in [0, 0.1) is 0 Å². The first kappa shape index (κ1) is 14.5. The Morgan fingerprint density at radius 1 is 1.29 bits per heavy atom. The third-order valence-corrected chi connectivity index (χ3v) is 3.57. The Balaban J connectivity index is 1.92. The largest absolute Gasteiger partial charge is 0.416 e. The van der Waals surface area contributed by atoms with E-state index >= 15 is 0 Å². The van der Waals surface area contributed by atoms with Crippen molar-refractivity contribution in [3.05, 3.63) is 34.1 Å². The number of nitrogens with zero attached hydrogens (tertiary/aromatic N) is 4. The summed E-state index contributed by atoms with van der Waals surface area (Å²) in [5.41, 5.74) is -0.474. The van der Waals surface area contributed by atoms with Crippen LogP contribution in [0.15, 0.2) is 22.7 Å². The molecule has 1 aliphatic carbocycles. The van der Waals surface area contributed by atoms with E-state index < -0.39 is 11.7 Å². The van der Waals surface area contributed by atoms with Gasteiger partial charge in [0.1, 0.15) is 0 Å². The molecule has 1 N–H and O–H groups in total. The normalized spacial score (nSPS) is 15.4. The van der Waals surface area contributed by atoms with Crippen LogP contribution in [0.3, 0.4) is 0 Å². The number of hydrogen-bond acceptors (Lipinski definition) is 4. The summed E-state index contributed by atoms with van der Waals surface area (Å²) in [7, 11) is 0. The predicted octanol–water partition coefficient (Wildman–Crippen LogP) is 2.70. The Morgan fingerprint density at radius 2 is 2.05 bits per heavy atom. The number of tetrazole rings is 1. The average Bonchev–Trinajstić information content (AvgIpc) is 3.11. The fraction of sp³-hybridized carbons (Fsp3) is 0.417. The van der Waals surface area contributed by atoms with Gasteiger partial charge >= 0.3 is 6.18 Å². The summed E-state index contributed by atoms with van der Waals surface area (Å²) < 4.78 is 40.2. The predicted molar refractivity (Wildman–Crippen MR) is 71.7 cm³/mol. The smallest absolute Gasteiger partial charge is 0.307 e. The molecule has 0 amide bonds. The Labute approximate surface area is 126 Å². The second-order valence-electron chi connectivity index (χ2n) is 4.86. The fourth-order valence-electron chi connectivity index (χ4n) is 1.90. The summed E-state index contributed by atoms with van der Waals surface area (Å²) in [6.07, 6.45) is -2.20. The van der Waals surface area contributed by atoms with E-state index in [0.717, 1.165) is 25.0 Å². The number of alkyl halides is 3. The molecule has 0 aliphatic heterocycles. The lowest BCUT2D eigenvalue weighted by Crippen LogP contribution is -2.19.